The van der Waals surface area contributed by atoms with Gasteiger partial charge in [-0.15, -0.1) is 0 Å². The zero-order valence-corrected chi connectivity index (χ0v) is 30.2. The molecule has 0 saturated heterocycles. The Morgan fingerprint density at radius 3 is 1.09 bits per heavy atom. The largest absolute Gasteiger partial charge is 0.343 e. The average Bonchev–Trinajstić information content (AvgIpc) is 2.81. The molecule has 11 heteroatoms. The molecule has 1 atom stereocenters. The second-order valence-corrected chi connectivity index (χ2v) is 19.4. The zero-order valence-electron chi connectivity index (χ0n) is 27.5. The second kappa shape index (κ2) is 19.4. The molecule has 0 spiro atoms. The highest BCUT2D eigenvalue weighted by Crippen LogP contribution is 2.77. The van der Waals surface area contributed by atoms with Gasteiger partial charge in [-0.3, -0.25) is 13.7 Å². The fourth-order valence-electron chi connectivity index (χ4n) is 4.54. The van der Waals surface area contributed by atoms with Crippen LogP contribution in [-0.2, 0) is 13.7 Å². The summed E-state index contributed by atoms with van der Waals surface area (Å²) in [7, 11) is -15.5. The van der Waals surface area contributed by atoms with Crippen molar-refractivity contribution in [3.05, 3.63) is 69.9 Å². The molecule has 0 rings (SSSR count). The molecule has 0 fully saturated rings. The first-order chi connectivity index (χ1) is 19.6. The maximum absolute atomic E-state index is 13.5. The predicted octanol–water partition coefficient (Wildman–Crippen LogP) is 9.88. The van der Waals surface area contributed by atoms with Crippen LogP contribution in [0.4, 0.5) is 0 Å². The van der Waals surface area contributed by atoms with Crippen molar-refractivity contribution in [3.63, 3.8) is 0 Å². The van der Waals surface area contributed by atoms with Crippen molar-refractivity contribution in [2.75, 3.05) is 5.90 Å². The van der Waals surface area contributed by atoms with Crippen molar-refractivity contribution < 1.29 is 38.2 Å². The van der Waals surface area contributed by atoms with Crippen LogP contribution in [0.15, 0.2) is 69.9 Å². The Hall–Kier alpha value is -1.07. The van der Waals surface area contributed by atoms with Crippen molar-refractivity contribution in [1.82, 2.24) is 0 Å². The van der Waals surface area contributed by atoms with Crippen LogP contribution in [0.1, 0.15) is 120 Å². The summed E-state index contributed by atoms with van der Waals surface area (Å²) in [4.78, 5) is 48.4. The van der Waals surface area contributed by atoms with Crippen LogP contribution in [0.25, 0.3) is 0 Å². The molecule has 8 nitrogen and oxygen atoms in total. The van der Waals surface area contributed by atoms with Gasteiger partial charge in [0.15, 0.2) is 4.90 Å². The quantitative estimate of drug-likeness (QED) is 0.0638. The summed E-state index contributed by atoms with van der Waals surface area (Å²) < 4.78 is 38.2. The van der Waals surface area contributed by atoms with E-state index in [1.807, 2.05) is 0 Å². The molecule has 0 amide bonds. The van der Waals surface area contributed by atoms with Gasteiger partial charge in [0.2, 0.25) is 7.37 Å². The Kier molecular flexibility index (Phi) is 19.0. The Bertz CT molecular complexity index is 1160. The zero-order chi connectivity index (χ0) is 33.5. The minimum absolute atomic E-state index is 0.479. The molecule has 0 aromatic carbocycles. The Balaban J connectivity index is 5.99. The molecule has 0 aliphatic carbocycles. The summed E-state index contributed by atoms with van der Waals surface area (Å²) in [5.74, 6) is -1.49. The highest BCUT2D eigenvalue weighted by molar-refractivity contribution is 7.81. The maximum atomic E-state index is 13.5. The molecular weight excluding hydrogens is 605 g/mol. The maximum Gasteiger partial charge on any atom is 0.341 e. The van der Waals surface area contributed by atoms with Crippen LogP contribution in [0.2, 0.25) is 0 Å². The number of hydrogen-bond donors (Lipinski definition) is 5. The lowest BCUT2D eigenvalue weighted by Gasteiger charge is -2.37. The number of hydrogen-bond acceptors (Lipinski definition) is 3. The lowest BCUT2D eigenvalue weighted by Crippen LogP contribution is -2.29. The molecule has 1 unspecified atom stereocenters. The minimum atomic E-state index is -5.33. The Morgan fingerprint density at radius 2 is 0.814 bits per heavy atom. The third-order valence-corrected chi connectivity index (χ3v) is 15.2. The Morgan fingerprint density at radius 1 is 0.512 bits per heavy atom. The van der Waals surface area contributed by atoms with Gasteiger partial charge in [0, 0.05) is 0 Å². The average molecular weight is 663 g/mol. The molecule has 5 N–H and O–H groups in total. The highest BCUT2D eigenvalue weighted by atomic mass is 31.3. The first-order valence-corrected chi connectivity index (χ1v) is 20.2. The molecule has 0 saturated carbocycles. The van der Waals surface area contributed by atoms with Gasteiger partial charge in [0.05, 0.1) is 0 Å². The van der Waals surface area contributed by atoms with Crippen LogP contribution >= 0.6 is 22.6 Å². The molecule has 0 bridgehead atoms. The molecule has 0 radical (unpaired) electrons. The molecule has 0 aromatic heterocycles. The van der Waals surface area contributed by atoms with E-state index in [0.29, 0.717) is 25.7 Å². The van der Waals surface area contributed by atoms with Crippen molar-refractivity contribution in [2.24, 2.45) is 0 Å². The predicted molar refractivity (Wildman–Crippen MR) is 182 cm³/mol. The third-order valence-electron chi connectivity index (χ3n) is 7.37. The fourth-order valence-corrected chi connectivity index (χ4v) is 11.2. The molecule has 0 heterocycles. The van der Waals surface area contributed by atoms with E-state index in [1.54, 1.807) is 13.8 Å². The summed E-state index contributed by atoms with van der Waals surface area (Å²) in [6.07, 6.45) is 17.0. The van der Waals surface area contributed by atoms with Crippen molar-refractivity contribution in [2.45, 2.75) is 124 Å². The van der Waals surface area contributed by atoms with Crippen molar-refractivity contribution >= 4 is 22.6 Å². The standard InChI is InChI=1S/C32H57O8P3/c1-26(2)13-9-15-28(5)17-11-19-30(7)21-23-32(43(38,39)40,41(33,34)25-42(35,36)37)24-22-31(8)20-12-18-29(6)16-10-14-27(3)4/h13-14,17-18,21-22H,9-12,15-16,19-20,23-25H2,1-8H3,(H,33,34)(H2,35,36,37)(H2,38,39,40)/b28-17+,29-18+,30-21+,31-22+. The van der Waals surface area contributed by atoms with Gasteiger partial charge in [-0.1, -0.05) is 69.9 Å². The van der Waals surface area contributed by atoms with Gasteiger partial charge in [-0.2, -0.15) is 0 Å². The van der Waals surface area contributed by atoms with Crippen LogP contribution in [0, 0.1) is 0 Å². The van der Waals surface area contributed by atoms with Gasteiger partial charge in [0.25, 0.3) is 0 Å². The van der Waals surface area contributed by atoms with Crippen LogP contribution in [-0.4, -0.2) is 35.3 Å². The summed E-state index contributed by atoms with van der Waals surface area (Å²) in [5.41, 5.74) is 6.55. The van der Waals surface area contributed by atoms with E-state index in [0.717, 1.165) is 36.8 Å². The van der Waals surface area contributed by atoms with E-state index in [2.05, 4.69) is 65.8 Å². The van der Waals surface area contributed by atoms with E-state index in [4.69, 9.17) is 0 Å². The van der Waals surface area contributed by atoms with Gasteiger partial charge in [-0.05, 0) is 120 Å². The monoisotopic (exact) mass is 662 g/mol. The minimum Gasteiger partial charge on any atom is -0.343 e. The van der Waals surface area contributed by atoms with Crippen molar-refractivity contribution in [3.8, 4) is 0 Å². The number of allylic oxidation sites excluding steroid dienone is 12. The summed E-state index contributed by atoms with van der Waals surface area (Å²) in [5, 5.41) is 0. The molecule has 248 valence electrons. The second-order valence-electron chi connectivity index (χ2n) is 12.4. The van der Waals surface area contributed by atoms with Crippen molar-refractivity contribution in [1.29, 1.82) is 0 Å². The Labute approximate surface area is 260 Å². The van der Waals surface area contributed by atoms with E-state index in [-0.39, 0.29) is 0 Å². The molecule has 0 aliphatic heterocycles. The summed E-state index contributed by atoms with van der Waals surface area (Å²) >= 11 is 0. The summed E-state index contributed by atoms with van der Waals surface area (Å²) in [6, 6.07) is 0. The first kappa shape index (κ1) is 41.9. The van der Waals surface area contributed by atoms with Crippen LogP contribution < -0.4 is 0 Å². The lowest BCUT2D eigenvalue weighted by molar-refractivity contribution is 0.336. The van der Waals surface area contributed by atoms with Crippen LogP contribution in [0.5, 0.6) is 0 Å². The molecule has 43 heavy (non-hydrogen) atoms. The lowest BCUT2D eigenvalue weighted by atomic mass is 10.0. The fraction of sp³-hybridized carbons (Fsp3) is 0.625. The molecular formula is C32H57O8P3. The van der Waals surface area contributed by atoms with Gasteiger partial charge in [0.1, 0.15) is 5.90 Å². The number of rotatable bonds is 20. The highest BCUT2D eigenvalue weighted by Gasteiger charge is 2.60. The molecule has 0 aliphatic rings. The van der Waals surface area contributed by atoms with E-state index in [1.165, 1.54) is 34.4 Å². The summed E-state index contributed by atoms with van der Waals surface area (Å²) in [6.45, 7) is 15.9. The third kappa shape index (κ3) is 17.9. The van der Waals surface area contributed by atoms with E-state index < -0.39 is 46.2 Å². The van der Waals surface area contributed by atoms with E-state index >= 15 is 0 Å². The van der Waals surface area contributed by atoms with Gasteiger partial charge >= 0.3 is 15.2 Å². The van der Waals surface area contributed by atoms with Gasteiger partial charge in [-0.25, -0.2) is 0 Å². The van der Waals surface area contributed by atoms with E-state index in [9.17, 15) is 38.2 Å². The first-order valence-electron chi connectivity index (χ1n) is 14.9. The van der Waals surface area contributed by atoms with Gasteiger partial charge < -0.3 is 24.5 Å². The topological polar surface area (TPSA) is 152 Å². The normalized spacial score (nSPS) is 16.9. The molecule has 0 aromatic rings. The smallest absolute Gasteiger partial charge is 0.341 e. The van der Waals surface area contributed by atoms with Crippen LogP contribution in [0.3, 0.4) is 0 Å². The SMILES string of the molecule is CC(C)=CCC/C(C)=C/CC/C(C)=C/CC(C/C=C(\C)CC/C=C(\C)CCC=C(C)C)(P(=O)(O)O)P(=O)(O)CP(=O)(O)O.